The Kier molecular flexibility index (Phi) is 5.00. The number of carbonyl (C=O) groups excluding carboxylic acids is 2. The number of aryl methyl sites for hydroxylation is 2. The molecule has 9 heteroatoms. The van der Waals surface area contributed by atoms with E-state index >= 15 is 0 Å². The molecule has 0 saturated heterocycles. The molecule has 146 valence electrons. The van der Waals surface area contributed by atoms with Crippen LogP contribution in [0.2, 0.25) is 0 Å². The normalized spacial score (nSPS) is 11.1. The van der Waals surface area contributed by atoms with Crippen LogP contribution in [0.15, 0.2) is 29.1 Å². The quantitative estimate of drug-likeness (QED) is 0.665. The molecule has 0 aliphatic carbocycles. The lowest BCUT2D eigenvalue weighted by Gasteiger charge is -2.13. The number of benzene rings is 1. The fraction of sp³-hybridized carbons (Fsp3) is 0.316. The lowest BCUT2D eigenvalue weighted by atomic mass is 10.1. The number of carbonyl (C=O) groups is 2. The zero-order chi connectivity index (χ0) is 20.6. The Balaban J connectivity index is 1.93. The van der Waals surface area contributed by atoms with Crippen LogP contribution in [0, 0.1) is 13.8 Å². The van der Waals surface area contributed by atoms with Crippen LogP contribution in [0.4, 0.5) is 0 Å². The summed E-state index contributed by atoms with van der Waals surface area (Å²) in [7, 11) is 1.74. The average Bonchev–Trinajstić information content (AvgIpc) is 2.91. The highest BCUT2D eigenvalue weighted by molar-refractivity contribution is 6.06. The summed E-state index contributed by atoms with van der Waals surface area (Å²) in [5.41, 5.74) is 6.21. The van der Waals surface area contributed by atoms with E-state index in [-0.39, 0.29) is 17.3 Å². The number of rotatable bonds is 3. The first-order valence-corrected chi connectivity index (χ1v) is 8.84. The molecule has 0 fully saturated rings. The first kappa shape index (κ1) is 19.3. The van der Waals surface area contributed by atoms with Crippen LogP contribution in [0.3, 0.4) is 0 Å². The predicted molar refractivity (Wildman–Crippen MR) is 104 cm³/mol. The minimum absolute atomic E-state index is 0.0591. The lowest BCUT2D eigenvalue weighted by Crippen LogP contribution is -2.43. The molecule has 0 unspecified atom stereocenters. The maximum Gasteiger partial charge on any atom is 0.290 e. The number of nitrogens with zero attached hydrogens (tertiary/aromatic N) is 4. The molecule has 1 aromatic carbocycles. The molecular formula is C19H22N6O3. The fourth-order valence-corrected chi connectivity index (χ4v) is 3.06. The number of aromatic nitrogens is 4. The first-order chi connectivity index (χ1) is 13.2. The second-order valence-corrected chi connectivity index (χ2v) is 6.82. The van der Waals surface area contributed by atoms with E-state index in [1.54, 1.807) is 63.7 Å². The summed E-state index contributed by atoms with van der Waals surface area (Å²) < 4.78 is 2.86. The predicted octanol–water partition coefficient (Wildman–Crippen LogP) is 1.40. The van der Waals surface area contributed by atoms with Gasteiger partial charge in [-0.2, -0.15) is 10.2 Å². The van der Waals surface area contributed by atoms with Crippen LogP contribution in [-0.2, 0) is 7.05 Å². The van der Waals surface area contributed by atoms with Gasteiger partial charge in [-0.3, -0.25) is 29.9 Å². The highest BCUT2D eigenvalue weighted by atomic mass is 16.2. The molecule has 28 heavy (non-hydrogen) atoms. The van der Waals surface area contributed by atoms with Crippen LogP contribution >= 0.6 is 0 Å². The number of hydrogen-bond acceptors (Lipinski definition) is 5. The molecule has 3 rings (SSSR count). The first-order valence-electron chi connectivity index (χ1n) is 8.84. The van der Waals surface area contributed by atoms with Gasteiger partial charge >= 0.3 is 0 Å². The summed E-state index contributed by atoms with van der Waals surface area (Å²) in [5, 5.41) is 9.22. The van der Waals surface area contributed by atoms with Crippen molar-refractivity contribution in [3.8, 4) is 0 Å². The van der Waals surface area contributed by atoms with E-state index in [1.807, 2.05) is 0 Å². The Labute approximate surface area is 161 Å². The summed E-state index contributed by atoms with van der Waals surface area (Å²) in [6.07, 6.45) is 0. The fourth-order valence-electron chi connectivity index (χ4n) is 3.06. The molecule has 2 N–H and O–H groups in total. The van der Waals surface area contributed by atoms with Gasteiger partial charge in [0.2, 0.25) is 0 Å². The second kappa shape index (κ2) is 7.26. The molecule has 9 nitrogen and oxygen atoms in total. The third-order valence-corrected chi connectivity index (χ3v) is 4.56. The van der Waals surface area contributed by atoms with Gasteiger partial charge in [0.05, 0.1) is 22.7 Å². The Morgan fingerprint density at radius 2 is 1.61 bits per heavy atom. The van der Waals surface area contributed by atoms with Crippen LogP contribution in [0.5, 0.6) is 0 Å². The molecule has 0 saturated carbocycles. The highest BCUT2D eigenvalue weighted by Gasteiger charge is 2.21. The van der Waals surface area contributed by atoms with Gasteiger partial charge in [0.15, 0.2) is 5.69 Å². The molecule has 0 spiro atoms. The third-order valence-electron chi connectivity index (χ3n) is 4.56. The molecule has 2 heterocycles. The Morgan fingerprint density at radius 3 is 2.18 bits per heavy atom. The maximum absolute atomic E-state index is 12.7. The zero-order valence-electron chi connectivity index (χ0n) is 16.4. The molecular weight excluding hydrogens is 360 g/mol. The number of amides is 2. The standard InChI is InChI=1S/C19H22N6O3/c1-10(2)25-19(28)14-9-7-6-8-13(14)16(23-25)18(27)21-20-17(26)15-11(3)22-24(5)12(15)4/h6-10H,1-5H3,(H,20,26)(H,21,27). The van der Waals surface area contributed by atoms with Gasteiger partial charge in [-0.05, 0) is 33.8 Å². The van der Waals surface area contributed by atoms with Crippen molar-refractivity contribution >= 4 is 22.6 Å². The van der Waals surface area contributed by atoms with E-state index in [0.717, 1.165) is 0 Å². The number of fused-ring (bicyclic) bond motifs is 1. The number of hydrogen-bond donors (Lipinski definition) is 2. The number of nitrogens with one attached hydrogen (secondary N) is 2. The van der Waals surface area contributed by atoms with Crippen LogP contribution < -0.4 is 16.4 Å². The van der Waals surface area contributed by atoms with E-state index in [0.29, 0.717) is 27.7 Å². The van der Waals surface area contributed by atoms with Crippen molar-refractivity contribution in [2.45, 2.75) is 33.7 Å². The largest absolute Gasteiger partial charge is 0.290 e. The van der Waals surface area contributed by atoms with Crippen molar-refractivity contribution in [1.29, 1.82) is 0 Å². The van der Waals surface area contributed by atoms with E-state index in [2.05, 4.69) is 21.0 Å². The zero-order valence-corrected chi connectivity index (χ0v) is 16.4. The van der Waals surface area contributed by atoms with Crippen LogP contribution in [0.25, 0.3) is 10.8 Å². The van der Waals surface area contributed by atoms with Crippen molar-refractivity contribution in [2.75, 3.05) is 0 Å². The van der Waals surface area contributed by atoms with Crippen LogP contribution in [0.1, 0.15) is 52.1 Å². The third kappa shape index (κ3) is 3.26. The van der Waals surface area contributed by atoms with E-state index < -0.39 is 11.8 Å². The van der Waals surface area contributed by atoms with Gasteiger partial charge in [-0.1, -0.05) is 18.2 Å². The summed E-state index contributed by atoms with van der Waals surface area (Å²) in [6, 6.07) is 6.53. The minimum Gasteiger partial charge on any atom is -0.272 e. The molecule has 2 amide bonds. The minimum atomic E-state index is -0.613. The molecule has 0 radical (unpaired) electrons. The summed E-state index contributed by atoms with van der Waals surface area (Å²) in [4.78, 5) is 37.8. The van der Waals surface area contributed by atoms with Crippen molar-refractivity contribution < 1.29 is 9.59 Å². The van der Waals surface area contributed by atoms with Crippen molar-refractivity contribution in [2.24, 2.45) is 7.05 Å². The number of hydrazine groups is 1. The SMILES string of the molecule is Cc1nn(C)c(C)c1C(=O)NNC(=O)c1nn(C(C)C)c(=O)c2ccccc12. The monoisotopic (exact) mass is 382 g/mol. The van der Waals surface area contributed by atoms with Gasteiger partial charge in [0, 0.05) is 18.1 Å². The van der Waals surface area contributed by atoms with Gasteiger partial charge in [-0.25, -0.2) is 4.68 Å². The van der Waals surface area contributed by atoms with Crippen molar-refractivity contribution in [3.63, 3.8) is 0 Å². The van der Waals surface area contributed by atoms with Crippen molar-refractivity contribution in [3.05, 3.63) is 57.3 Å². The van der Waals surface area contributed by atoms with E-state index in [1.165, 1.54) is 4.68 Å². The molecule has 0 aliphatic heterocycles. The van der Waals surface area contributed by atoms with Crippen molar-refractivity contribution in [1.82, 2.24) is 30.4 Å². The Hall–Kier alpha value is -3.49. The highest BCUT2D eigenvalue weighted by Crippen LogP contribution is 2.15. The lowest BCUT2D eigenvalue weighted by molar-refractivity contribution is 0.0842. The topological polar surface area (TPSA) is 111 Å². The molecule has 0 aliphatic rings. The average molecular weight is 382 g/mol. The van der Waals surface area contributed by atoms with E-state index in [9.17, 15) is 14.4 Å². The summed E-state index contributed by atoms with van der Waals surface area (Å²) in [5.74, 6) is -1.09. The Bertz CT molecular complexity index is 1140. The summed E-state index contributed by atoms with van der Waals surface area (Å²) in [6.45, 7) is 7.10. The van der Waals surface area contributed by atoms with Crippen LogP contribution in [-0.4, -0.2) is 31.4 Å². The summed E-state index contributed by atoms with van der Waals surface area (Å²) >= 11 is 0. The van der Waals surface area contributed by atoms with E-state index in [4.69, 9.17) is 0 Å². The molecule has 0 atom stereocenters. The smallest absolute Gasteiger partial charge is 0.272 e. The molecule has 3 aromatic rings. The van der Waals surface area contributed by atoms with Gasteiger partial charge in [0.25, 0.3) is 17.4 Å². The van der Waals surface area contributed by atoms with Gasteiger partial charge in [0.1, 0.15) is 0 Å². The second-order valence-electron chi connectivity index (χ2n) is 6.82. The Morgan fingerprint density at radius 1 is 1.00 bits per heavy atom. The molecule has 2 aromatic heterocycles. The molecule has 0 bridgehead atoms. The van der Waals surface area contributed by atoms with Gasteiger partial charge < -0.3 is 0 Å². The van der Waals surface area contributed by atoms with Gasteiger partial charge in [-0.15, -0.1) is 0 Å². The maximum atomic E-state index is 12.7.